The van der Waals surface area contributed by atoms with Crippen molar-refractivity contribution in [1.82, 2.24) is 15.1 Å². The Morgan fingerprint density at radius 2 is 1.95 bits per heavy atom. The Hall–Kier alpha value is -0.610. The fourth-order valence-corrected chi connectivity index (χ4v) is 3.26. The smallest absolute Gasteiger partial charge is 0.223 e. The van der Waals surface area contributed by atoms with Crippen molar-refractivity contribution in [3.8, 4) is 0 Å². The van der Waals surface area contributed by atoms with E-state index in [1.165, 1.54) is 25.9 Å². The van der Waals surface area contributed by atoms with Gasteiger partial charge in [-0.15, -0.1) is 0 Å². The summed E-state index contributed by atoms with van der Waals surface area (Å²) < 4.78 is 0. The molecule has 2 aliphatic rings. The summed E-state index contributed by atoms with van der Waals surface area (Å²) in [7, 11) is 2.19. The minimum Gasteiger partial charge on any atom is -0.335 e. The first-order chi connectivity index (χ1) is 8.99. The van der Waals surface area contributed by atoms with Crippen LogP contribution in [0, 0.1) is 5.92 Å². The molecule has 2 heterocycles. The zero-order chi connectivity index (χ0) is 13.9. The van der Waals surface area contributed by atoms with Crippen LogP contribution in [0.5, 0.6) is 0 Å². The molecular weight excluding hydrogens is 238 g/mol. The van der Waals surface area contributed by atoms with E-state index in [0.29, 0.717) is 5.91 Å². The number of carbonyl (C=O) groups excluding carboxylic acids is 1. The number of piperidine rings is 1. The molecule has 0 bridgehead atoms. The second-order valence-electron chi connectivity index (χ2n) is 6.82. The lowest BCUT2D eigenvalue weighted by Crippen LogP contribution is -2.59. The van der Waals surface area contributed by atoms with Crippen LogP contribution in [0.1, 0.15) is 39.5 Å². The monoisotopic (exact) mass is 267 g/mol. The molecular formula is C15H29N3O. The van der Waals surface area contributed by atoms with Crippen molar-refractivity contribution in [1.29, 1.82) is 0 Å². The number of hydrogen-bond donors (Lipinski definition) is 1. The van der Waals surface area contributed by atoms with E-state index in [2.05, 4.69) is 36.0 Å². The SMILES string of the molecule is CN1CCC(CCC(=O)N2CCNCC2(C)C)CC1. The maximum absolute atomic E-state index is 12.4. The minimum absolute atomic E-state index is 0.0257. The Balaban J connectivity index is 1.77. The summed E-state index contributed by atoms with van der Waals surface area (Å²) in [5.41, 5.74) is -0.0257. The van der Waals surface area contributed by atoms with Gasteiger partial charge in [0.25, 0.3) is 0 Å². The Kier molecular flexibility index (Phi) is 4.85. The summed E-state index contributed by atoms with van der Waals surface area (Å²) in [6, 6.07) is 0. The molecule has 4 nitrogen and oxygen atoms in total. The van der Waals surface area contributed by atoms with Crippen molar-refractivity contribution in [2.24, 2.45) is 5.92 Å². The number of hydrogen-bond acceptors (Lipinski definition) is 3. The molecule has 0 aromatic heterocycles. The number of amides is 1. The first-order valence-electron chi connectivity index (χ1n) is 7.69. The van der Waals surface area contributed by atoms with E-state index in [9.17, 15) is 4.79 Å². The number of nitrogens with one attached hydrogen (secondary N) is 1. The largest absolute Gasteiger partial charge is 0.335 e. The topological polar surface area (TPSA) is 35.6 Å². The molecule has 0 atom stereocenters. The van der Waals surface area contributed by atoms with Crippen LogP contribution >= 0.6 is 0 Å². The average Bonchev–Trinajstić information content (AvgIpc) is 2.37. The van der Waals surface area contributed by atoms with Gasteiger partial charge in [-0.2, -0.15) is 0 Å². The van der Waals surface area contributed by atoms with Gasteiger partial charge in [-0.25, -0.2) is 0 Å². The number of carbonyl (C=O) groups is 1. The molecule has 1 N–H and O–H groups in total. The van der Waals surface area contributed by atoms with Crippen molar-refractivity contribution in [3.63, 3.8) is 0 Å². The van der Waals surface area contributed by atoms with Gasteiger partial charge in [-0.05, 0) is 59.2 Å². The van der Waals surface area contributed by atoms with Crippen molar-refractivity contribution >= 4 is 5.91 Å². The lowest BCUT2D eigenvalue weighted by Gasteiger charge is -2.43. The zero-order valence-electron chi connectivity index (χ0n) is 12.7. The van der Waals surface area contributed by atoms with Crippen LogP contribution < -0.4 is 5.32 Å². The lowest BCUT2D eigenvalue weighted by atomic mass is 9.91. The molecule has 0 radical (unpaired) electrons. The van der Waals surface area contributed by atoms with Crippen molar-refractivity contribution < 1.29 is 4.79 Å². The van der Waals surface area contributed by atoms with E-state index < -0.39 is 0 Å². The van der Waals surface area contributed by atoms with Gasteiger partial charge in [0.1, 0.15) is 0 Å². The third-order valence-corrected chi connectivity index (χ3v) is 4.71. The molecule has 1 amide bonds. The molecule has 110 valence electrons. The summed E-state index contributed by atoms with van der Waals surface area (Å²) in [4.78, 5) is 16.9. The number of piperazine rings is 1. The van der Waals surface area contributed by atoms with Gasteiger partial charge in [0.15, 0.2) is 0 Å². The maximum atomic E-state index is 12.4. The van der Waals surface area contributed by atoms with E-state index in [1.54, 1.807) is 0 Å². The second-order valence-corrected chi connectivity index (χ2v) is 6.82. The quantitative estimate of drug-likeness (QED) is 0.838. The van der Waals surface area contributed by atoms with Gasteiger partial charge >= 0.3 is 0 Å². The zero-order valence-corrected chi connectivity index (χ0v) is 12.7. The molecule has 19 heavy (non-hydrogen) atoms. The highest BCUT2D eigenvalue weighted by Crippen LogP contribution is 2.23. The molecule has 2 saturated heterocycles. The van der Waals surface area contributed by atoms with Gasteiger partial charge in [-0.1, -0.05) is 0 Å². The maximum Gasteiger partial charge on any atom is 0.223 e. The van der Waals surface area contributed by atoms with Gasteiger partial charge < -0.3 is 15.1 Å². The van der Waals surface area contributed by atoms with Crippen LogP contribution in [0.4, 0.5) is 0 Å². The standard InChI is InChI=1S/C15H29N3O/c1-15(2)12-16-8-11-18(15)14(19)5-4-13-6-9-17(3)10-7-13/h13,16H,4-12H2,1-3H3. The second kappa shape index (κ2) is 6.23. The number of rotatable bonds is 3. The van der Waals surface area contributed by atoms with Crippen molar-refractivity contribution in [2.75, 3.05) is 39.8 Å². The van der Waals surface area contributed by atoms with Crippen LogP contribution in [0.25, 0.3) is 0 Å². The summed E-state index contributed by atoms with van der Waals surface area (Å²) in [6.07, 6.45) is 4.33. The van der Waals surface area contributed by atoms with Gasteiger partial charge in [0.05, 0.1) is 0 Å². The molecule has 0 aromatic carbocycles. The van der Waals surface area contributed by atoms with Crippen LogP contribution in [0.2, 0.25) is 0 Å². The highest BCUT2D eigenvalue weighted by atomic mass is 16.2. The van der Waals surface area contributed by atoms with Gasteiger partial charge in [0, 0.05) is 31.6 Å². The highest BCUT2D eigenvalue weighted by Gasteiger charge is 2.33. The average molecular weight is 267 g/mol. The fourth-order valence-electron chi connectivity index (χ4n) is 3.26. The Bertz CT molecular complexity index is 309. The van der Waals surface area contributed by atoms with E-state index in [4.69, 9.17) is 0 Å². The summed E-state index contributed by atoms with van der Waals surface area (Å²) in [5.74, 6) is 1.11. The minimum atomic E-state index is -0.0257. The number of nitrogens with zero attached hydrogens (tertiary/aromatic N) is 2. The van der Waals surface area contributed by atoms with Crippen molar-refractivity contribution in [2.45, 2.75) is 45.1 Å². The molecule has 2 fully saturated rings. The molecule has 0 aromatic rings. The Labute approximate surface area is 117 Å². The Morgan fingerprint density at radius 1 is 1.26 bits per heavy atom. The molecule has 2 aliphatic heterocycles. The molecule has 0 spiro atoms. The van der Waals surface area contributed by atoms with E-state index in [0.717, 1.165) is 38.4 Å². The van der Waals surface area contributed by atoms with Crippen LogP contribution in [-0.4, -0.2) is 61.0 Å². The lowest BCUT2D eigenvalue weighted by molar-refractivity contribution is -0.138. The van der Waals surface area contributed by atoms with Gasteiger partial charge in [-0.3, -0.25) is 4.79 Å². The van der Waals surface area contributed by atoms with Crippen LogP contribution in [-0.2, 0) is 4.79 Å². The number of likely N-dealkylation sites (tertiary alicyclic amines) is 1. The summed E-state index contributed by atoms with van der Waals surface area (Å²) in [6.45, 7) is 9.41. The predicted molar refractivity (Wildman–Crippen MR) is 78.1 cm³/mol. The van der Waals surface area contributed by atoms with Gasteiger partial charge in [0.2, 0.25) is 5.91 Å². The summed E-state index contributed by atoms with van der Waals surface area (Å²) >= 11 is 0. The first kappa shape index (κ1) is 14.8. The molecule has 4 heteroatoms. The molecule has 2 rings (SSSR count). The van der Waals surface area contributed by atoms with E-state index in [-0.39, 0.29) is 5.54 Å². The normalized spacial score (nSPS) is 25.5. The molecule has 0 unspecified atom stereocenters. The third kappa shape index (κ3) is 3.93. The Morgan fingerprint density at radius 3 is 2.58 bits per heavy atom. The van der Waals surface area contributed by atoms with Crippen molar-refractivity contribution in [3.05, 3.63) is 0 Å². The van der Waals surface area contributed by atoms with Crippen LogP contribution in [0.3, 0.4) is 0 Å². The highest BCUT2D eigenvalue weighted by molar-refractivity contribution is 5.77. The molecule has 0 aliphatic carbocycles. The third-order valence-electron chi connectivity index (χ3n) is 4.71. The van der Waals surface area contributed by atoms with E-state index >= 15 is 0 Å². The first-order valence-corrected chi connectivity index (χ1v) is 7.69. The fraction of sp³-hybridized carbons (Fsp3) is 0.933. The van der Waals surface area contributed by atoms with Crippen LogP contribution in [0.15, 0.2) is 0 Å². The summed E-state index contributed by atoms with van der Waals surface area (Å²) in [5, 5.41) is 3.37. The van der Waals surface area contributed by atoms with E-state index in [1.807, 2.05) is 0 Å². The predicted octanol–water partition coefficient (Wildman–Crippen LogP) is 1.32. The molecule has 0 saturated carbocycles.